The van der Waals surface area contributed by atoms with E-state index in [-0.39, 0.29) is 5.56 Å². The van der Waals surface area contributed by atoms with Gasteiger partial charge in [-0.25, -0.2) is 4.79 Å². The van der Waals surface area contributed by atoms with Crippen LogP contribution in [-0.4, -0.2) is 17.9 Å². The molecule has 0 radical (unpaired) electrons. The molecule has 0 saturated carbocycles. The number of benzene rings is 2. The minimum absolute atomic E-state index is 0.234. The van der Waals surface area contributed by atoms with Crippen molar-refractivity contribution in [3.63, 3.8) is 0 Å². The Balaban J connectivity index is 1.74. The Morgan fingerprint density at radius 2 is 1.67 bits per heavy atom. The van der Waals surface area contributed by atoms with Crippen LogP contribution >= 0.6 is 0 Å². The fourth-order valence-electron chi connectivity index (χ4n) is 1.98. The zero-order valence-electron chi connectivity index (χ0n) is 10.8. The minimum atomic E-state index is -0.675. The van der Waals surface area contributed by atoms with E-state index in [1.165, 1.54) is 18.2 Å². The maximum Gasteiger partial charge on any atom is 0.417 e. The summed E-state index contributed by atoms with van der Waals surface area (Å²) in [5.41, 5.74) is 0.902. The lowest BCUT2D eigenvalue weighted by atomic mass is 10.1. The Kier molecular flexibility index (Phi) is 3.12. The quantitative estimate of drug-likeness (QED) is 0.827. The average Bonchev–Trinajstić information content (AvgIpc) is 2.74. The summed E-state index contributed by atoms with van der Waals surface area (Å²) >= 11 is 0. The molecule has 0 atom stereocenters. The van der Waals surface area contributed by atoms with Crippen LogP contribution in [0.3, 0.4) is 0 Å². The first-order valence-electron chi connectivity index (χ1n) is 6.17. The van der Waals surface area contributed by atoms with Gasteiger partial charge in [0.2, 0.25) is 0 Å². The number of amides is 3. The highest BCUT2D eigenvalue weighted by atomic mass is 16.6. The van der Waals surface area contributed by atoms with Crippen LogP contribution < -0.4 is 15.4 Å². The highest BCUT2D eigenvalue weighted by Crippen LogP contribution is 2.20. The fourth-order valence-corrected chi connectivity index (χ4v) is 1.98. The zero-order chi connectivity index (χ0) is 14.8. The third kappa shape index (κ3) is 2.59. The molecule has 1 aliphatic rings. The van der Waals surface area contributed by atoms with Crippen molar-refractivity contribution in [3.8, 4) is 5.75 Å². The number of imide groups is 1. The van der Waals surface area contributed by atoms with Gasteiger partial charge in [-0.05, 0) is 30.3 Å². The van der Waals surface area contributed by atoms with E-state index in [1.54, 1.807) is 30.3 Å². The summed E-state index contributed by atoms with van der Waals surface area (Å²) in [6, 6.07) is 13.0. The molecule has 0 bridgehead atoms. The number of rotatable bonds is 2. The van der Waals surface area contributed by atoms with Gasteiger partial charge in [-0.1, -0.05) is 18.2 Å². The third-order valence-electron chi connectivity index (χ3n) is 2.94. The summed E-state index contributed by atoms with van der Waals surface area (Å²) in [4.78, 5) is 34.7. The van der Waals surface area contributed by atoms with Gasteiger partial charge in [0.25, 0.3) is 11.8 Å². The smallest absolute Gasteiger partial charge is 0.410 e. The number of anilines is 1. The van der Waals surface area contributed by atoms with Crippen molar-refractivity contribution in [1.82, 2.24) is 5.32 Å². The van der Waals surface area contributed by atoms with Crippen molar-refractivity contribution in [3.05, 3.63) is 59.7 Å². The van der Waals surface area contributed by atoms with Gasteiger partial charge in [-0.2, -0.15) is 0 Å². The average molecular weight is 282 g/mol. The molecule has 6 heteroatoms. The molecule has 3 rings (SSSR count). The second kappa shape index (κ2) is 5.09. The van der Waals surface area contributed by atoms with Gasteiger partial charge in [0.05, 0.1) is 11.1 Å². The first-order valence-corrected chi connectivity index (χ1v) is 6.17. The predicted octanol–water partition coefficient (Wildman–Crippen LogP) is 2.18. The van der Waals surface area contributed by atoms with E-state index >= 15 is 0 Å². The van der Waals surface area contributed by atoms with Crippen LogP contribution in [-0.2, 0) is 0 Å². The van der Waals surface area contributed by atoms with E-state index in [4.69, 9.17) is 4.74 Å². The van der Waals surface area contributed by atoms with Crippen LogP contribution in [0.4, 0.5) is 10.5 Å². The number of nitrogens with one attached hydrogen (secondary N) is 2. The maximum atomic E-state index is 11.7. The van der Waals surface area contributed by atoms with Crippen LogP contribution in [0, 0.1) is 0 Å². The Hall–Kier alpha value is -3.15. The van der Waals surface area contributed by atoms with E-state index in [0.717, 1.165) is 0 Å². The second-order valence-corrected chi connectivity index (χ2v) is 4.37. The number of fused-ring (bicyclic) bond motifs is 1. The van der Waals surface area contributed by atoms with Gasteiger partial charge >= 0.3 is 6.09 Å². The third-order valence-corrected chi connectivity index (χ3v) is 2.94. The van der Waals surface area contributed by atoms with Gasteiger partial charge in [0.1, 0.15) is 5.75 Å². The topological polar surface area (TPSA) is 84.5 Å². The minimum Gasteiger partial charge on any atom is -0.410 e. The first-order chi connectivity index (χ1) is 10.1. The van der Waals surface area contributed by atoms with Crippen LogP contribution in [0.25, 0.3) is 0 Å². The molecule has 0 spiro atoms. The highest BCUT2D eigenvalue weighted by molar-refractivity contribution is 6.21. The molecule has 2 N–H and O–H groups in total. The number of ether oxygens (including phenoxy) is 1. The van der Waals surface area contributed by atoms with Crippen molar-refractivity contribution in [2.24, 2.45) is 0 Å². The second-order valence-electron chi connectivity index (χ2n) is 4.37. The van der Waals surface area contributed by atoms with Gasteiger partial charge in [-0.15, -0.1) is 0 Å². The summed E-state index contributed by atoms with van der Waals surface area (Å²) in [6.07, 6.45) is -0.675. The zero-order valence-corrected chi connectivity index (χ0v) is 10.8. The van der Waals surface area contributed by atoms with Crippen LogP contribution in [0.15, 0.2) is 48.5 Å². The molecule has 3 amide bonds. The summed E-state index contributed by atoms with van der Waals surface area (Å²) < 4.78 is 5.07. The van der Waals surface area contributed by atoms with E-state index in [2.05, 4.69) is 10.6 Å². The Labute approximate surface area is 119 Å². The van der Waals surface area contributed by atoms with Crippen LogP contribution in [0.1, 0.15) is 20.7 Å². The monoisotopic (exact) mass is 282 g/mol. The highest BCUT2D eigenvalue weighted by Gasteiger charge is 2.26. The molecular weight excluding hydrogens is 272 g/mol. The molecule has 0 aliphatic carbocycles. The SMILES string of the molecule is O=C(Nc1ccc2c(c1)C(=O)NC2=O)Oc1ccccc1. The summed E-state index contributed by atoms with van der Waals surface area (Å²) in [7, 11) is 0. The Morgan fingerprint density at radius 3 is 2.43 bits per heavy atom. The summed E-state index contributed by atoms with van der Waals surface area (Å²) in [6.45, 7) is 0. The molecule has 21 heavy (non-hydrogen) atoms. The molecule has 6 nitrogen and oxygen atoms in total. The molecule has 0 aromatic heterocycles. The van der Waals surface area contributed by atoms with Gasteiger partial charge < -0.3 is 4.74 Å². The van der Waals surface area contributed by atoms with E-state index in [0.29, 0.717) is 17.0 Å². The van der Waals surface area contributed by atoms with Gasteiger partial charge in [-0.3, -0.25) is 20.2 Å². The first kappa shape index (κ1) is 12.9. The number of para-hydroxylation sites is 1. The van der Waals surface area contributed by atoms with Crippen LogP contribution in [0.5, 0.6) is 5.75 Å². The Morgan fingerprint density at radius 1 is 0.952 bits per heavy atom. The molecule has 2 aromatic carbocycles. The van der Waals surface area contributed by atoms with Crippen molar-refractivity contribution < 1.29 is 19.1 Å². The van der Waals surface area contributed by atoms with Gasteiger partial charge in [0, 0.05) is 5.69 Å². The molecule has 0 unspecified atom stereocenters. The van der Waals surface area contributed by atoms with Gasteiger partial charge in [0.15, 0.2) is 0 Å². The molecular formula is C15H10N2O4. The normalized spacial score (nSPS) is 12.6. The molecule has 0 fully saturated rings. The van der Waals surface area contributed by atoms with E-state index in [1.807, 2.05) is 0 Å². The van der Waals surface area contributed by atoms with E-state index in [9.17, 15) is 14.4 Å². The lowest BCUT2D eigenvalue weighted by molar-refractivity contribution is 0.0879. The predicted molar refractivity (Wildman–Crippen MR) is 74.3 cm³/mol. The van der Waals surface area contributed by atoms with E-state index < -0.39 is 17.9 Å². The number of hydrogen-bond donors (Lipinski definition) is 2. The molecule has 2 aromatic rings. The lowest BCUT2D eigenvalue weighted by Gasteiger charge is -2.07. The Bertz CT molecular complexity index is 741. The number of carbonyl (C=O) groups excluding carboxylic acids is 3. The fraction of sp³-hybridized carbons (Fsp3) is 0. The maximum absolute atomic E-state index is 11.7. The van der Waals surface area contributed by atoms with Crippen molar-refractivity contribution >= 4 is 23.6 Å². The van der Waals surface area contributed by atoms with Crippen molar-refractivity contribution in [1.29, 1.82) is 0 Å². The molecule has 104 valence electrons. The summed E-state index contributed by atoms with van der Waals surface area (Å²) in [5.74, 6) is -0.507. The molecule has 1 heterocycles. The largest absolute Gasteiger partial charge is 0.417 e. The number of carbonyl (C=O) groups is 3. The van der Waals surface area contributed by atoms with Crippen molar-refractivity contribution in [2.75, 3.05) is 5.32 Å². The van der Waals surface area contributed by atoms with Crippen molar-refractivity contribution in [2.45, 2.75) is 0 Å². The number of hydrogen-bond acceptors (Lipinski definition) is 4. The lowest BCUT2D eigenvalue weighted by Crippen LogP contribution is -2.20. The van der Waals surface area contributed by atoms with Crippen LogP contribution in [0.2, 0.25) is 0 Å². The molecule has 1 aliphatic heterocycles. The standard InChI is InChI=1S/C15H10N2O4/c18-13-11-7-6-9(8-12(11)14(19)17-13)16-15(20)21-10-4-2-1-3-5-10/h1-8H,(H,16,20)(H,17,18,19). The molecule has 0 saturated heterocycles. The summed E-state index contributed by atoms with van der Waals surface area (Å²) in [5, 5.41) is 4.68.